The molecule has 0 aliphatic rings. The summed E-state index contributed by atoms with van der Waals surface area (Å²) in [6.07, 6.45) is 9.01. The summed E-state index contributed by atoms with van der Waals surface area (Å²) >= 11 is 0. The van der Waals surface area contributed by atoms with Crippen LogP contribution in [0.3, 0.4) is 0 Å². The Labute approximate surface area is 179 Å². The van der Waals surface area contributed by atoms with Gasteiger partial charge in [-0.2, -0.15) is 5.10 Å². The fraction of sp³-hybridized carbons (Fsp3) is 0.217. The molecular formula is C23H24N6O2. The summed E-state index contributed by atoms with van der Waals surface area (Å²) in [5, 5.41) is 10.5. The minimum atomic E-state index is -0.282. The van der Waals surface area contributed by atoms with E-state index >= 15 is 0 Å². The Bertz CT molecular complexity index is 1240. The van der Waals surface area contributed by atoms with Gasteiger partial charge in [-0.1, -0.05) is 25.5 Å². The monoisotopic (exact) mass is 416 g/mol. The lowest BCUT2D eigenvalue weighted by molar-refractivity contribution is 0.104. The van der Waals surface area contributed by atoms with Crippen LogP contribution < -0.4 is 10.6 Å². The fourth-order valence-electron chi connectivity index (χ4n) is 3.37. The fourth-order valence-corrected chi connectivity index (χ4v) is 3.37. The van der Waals surface area contributed by atoms with Crippen molar-refractivity contribution in [2.24, 2.45) is 7.05 Å². The summed E-state index contributed by atoms with van der Waals surface area (Å²) in [4.78, 5) is 32.8. The molecule has 4 rings (SSSR count). The molecule has 0 saturated carbocycles. The van der Waals surface area contributed by atoms with Crippen molar-refractivity contribution in [2.45, 2.75) is 19.8 Å². The second-order valence-electron chi connectivity index (χ2n) is 7.37. The van der Waals surface area contributed by atoms with Gasteiger partial charge in [-0.25, -0.2) is 9.78 Å². The van der Waals surface area contributed by atoms with Crippen molar-refractivity contribution >= 4 is 28.5 Å². The molecule has 0 radical (unpaired) electrons. The quantitative estimate of drug-likeness (QED) is 0.311. The number of fused-ring (bicyclic) bond motifs is 1. The Kier molecular flexibility index (Phi) is 5.79. The predicted molar refractivity (Wildman–Crippen MR) is 120 cm³/mol. The van der Waals surface area contributed by atoms with Crippen LogP contribution in [0.5, 0.6) is 0 Å². The molecule has 2 amide bonds. The average Bonchev–Trinajstić information content (AvgIpc) is 3.39. The summed E-state index contributed by atoms with van der Waals surface area (Å²) in [5.41, 5.74) is 4.02. The number of aromatic nitrogens is 4. The van der Waals surface area contributed by atoms with Crippen LogP contribution in [0.2, 0.25) is 0 Å². The number of H-pyrrole nitrogens is 1. The third-order valence-electron chi connectivity index (χ3n) is 5.01. The predicted octanol–water partition coefficient (Wildman–Crippen LogP) is 4.12. The maximum Gasteiger partial charge on any atom is 0.319 e. The number of ketones is 1. The standard InChI is InChI=1S/C23H24N6O2/c1-3-4-8-24-23(31)28-18-7-5-6-15(9-18)21(30)20-13-26-22-19(20)10-16(11-25-22)17-12-27-29(2)14-17/h5-7,9-14H,3-4,8H2,1-2H3,(H,25,26)(H2,24,28,31). The summed E-state index contributed by atoms with van der Waals surface area (Å²) < 4.78 is 1.72. The number of aryl methyl sites for hydroxylation is 1. The Morgan fingerprint density at radius 1 is 1.16 bits per heavy atom. The highest BCUT2D eigenvalue weighted by Gasteiger charge is 2.17. The second kappa shape index (κ2) is 8.83. The third-order valence-corrected chi connectivity index (χ3v) is 5.01. The molecule has 0 fully saturated rings. The number of carbonyl (C=O) groups is 2. The van der Waals surface area contributed by atoms with Crippen LogP contribution in [0.25, 0.3) is 22.2 Å². The van der Waals surface area contributed by atoms with Gasteiger partial charge in [0.15, 0.2) is 5.78 Å². The van der Waals surface area contributed by atoms with Crippen molar-refractivity contribution in [3.63, 3.8) is 0 Å². The highest BCUT2D eigenvalue weighted by Crippen LogP contribution is 2.26. The number of hydrogen-bond donors (Lipinski definition) is 3. The molecule has 3 heterocycles. The van der Waals surface area contributed by atoms with Crippen molar-refractivity contribution in [2.75, 3.05) is 11.9 Å². The van der Waals surface area contributed by atoms with Crippen molar-refractivity contribution in [3.05, 3.63) is 66.2 Å². The Morgan fingerprint density at radius 2 is 2.03 bits per heavy atom. The van der Waals surface area contributed by atoms with Gasteiger partial charge in [-0.05, 0) is 24.6 Å². The lowest BCUT2D eigenvalue weighted by Crippen LogP contribution is -2.29. The van der Waals surface area contributed by atoms with Gasteiger partial charge in [0, 0.05) is 65.5 Å². The number of aromatic amines is 1. The first-order valence-corrected chi connectivity index (χ1v) is 10.2. The average molecular weight is 416 g/mol. The van der Waals surface area contributed by atoms with E-state index in [9.17, 15) is 9.59 Å². The Morgan fingerprint density at radius 3 is 2.81 bits per heavy atom. The maximum absolute atomic E-state index is 13.2. The highest BCUT2D eigenvalue weighted by atomic mass is 16.2. The van der Waals surface area contributed by atoms with Crippen molar-refractivity contribution in [1.29, 1.82) is 0 Å². The number of urea groups is 1. The van der Waals surface area contributed by atoms with Crippen molar-refractivity contribution < 1.29 is 9.59 Å². The second-order valence-corrected chi connectivity index (χ2v) is 7.37. The number of unbranched alkanes of at least 4 members (excludes halogenated alkanes) is 1. The number of nitrogens with zero attached hydrogens (tertiary/aromatic N) is 3. The minimum absolute atomic E-state index is 0.147. The molecule has 0 atom stereocenters. The van der Waals surface area contributed by atoms with Crippen LogP contribution in [0, 0.1) is 0 Å². The molecule has 0 unspecified atom stereocenters. The van der Waals surface area contributed by atoms with Crippen LogP contribution in [0.1, 0.15) is 35.7 Å². The molecule has 0 spiro atoms. The van der Waals surface area contributed by atoms with Gasteiger partial charge in [-0.3, -0.25) is 9.48 Å². The molecule has 0 aliphatic heterocycles. The van der Waals surface area contributed by atoms with Crippen molar-refractivity contribution in [1.82, 2.24) is 25.1 Å². The molecule has 3 aromatic heterocycles. The Balaban J connectivity index is 1.58. The van der Waals surface area contributed by atoms with Crippen molar-refractivity contribution in [3.8, 4) is 11.1 Å². The van der Waals surface area contributed by atoms with E-state index in [1.165, 1.54) is 0 Å². The smallest absolute Gasteiger partial charge is 0.319 e. The maximum atomic E-state index is 13.2. The van der Waals surface area contributed by atoms with Crippen LogP contribution in [-0.4, -0.2) is 38.1 Å². The number of pyridine rings is 1. The first-order chi connectivity index (χ1) is 15.0. The summed E-state index contributed by atoms with van der Waals surface area (Å²) in [7, 11) is 1.85. The number of anilines is 1. The van der Waals surface area contributed by atoms with Crippen LogP contribution in [0.15, 0.2) is 55.1 Å². The van der Waals surface area contributed by atoms with Gasteiger partial charge in [0.25, 0.3) is 0 Å². The van der Waals surface area contributed by atoms with Gasteiger partial charge in [0.1, 0.15) is 5.65 Å². The minimum Gasteiger partial charge on any atom is -0.345 e. The molecule has 4 aromatic rings. The molecule has 0 bridgehead atoms. The number of benzene rings is 1. The molecule has 1 aromatic carbocycles. The van der Waals surface area contributed by atoms with E-state index in [-0.39, 0.29) is 11.8 Å². The highest BCUT2D eigenvalue weighted by molar-refractivity contribution is 6.16. The number of rotatable bonds is 7. The Hall–Kier alpha value is -3.94. The normalized spacial score (nSPS) is 10.9. The van der Waals surface area contributed by atoms with E-state index in [0.29, 0.717) is 29.0 Å². The van der Waals surface area contributed by atoms with Crippen LogP contribution in [-0.2, 0) is 7.05 Å². The molecule has 0 saturated heterocycles. The summed E-state index contributed by atoms with van der Waals surface area (Å²) in [6, 6.07) is 8.58. The molecular weight excluding hydrogens is 392 g/mol. The SMILES string of the molecule is CCCCNC(=O)Nc1cccc(C(=O)c2c[nH]c3ncc(-c4cnn(C)c4)cc23)c1. The zero-order chi connectivity index (χ0) is 21.8. The molecule has 3 N–H and O–H groups in total. The summed E-state index contributed by atoms with van der Waals surface area (Å²) in [5.74, 6) is -0.147. The van der Waals surface area contributed by atoms with E-state index in [4.69, 9.17) is 0 Å². The first kappa shape index (κ1) is 20.3. The lowest BCUT2D eigenvalue weighted by Gasteiger charge is -2.08. The zero-order valence-electron chi connectivity index (χ0n) is 17.5. The zero-order valence-corrected chi connectivity index (χ0v) is 17.5. The number of carbonyl (C=O) groups excluding carboxylic acids is 2. The molecule has 0 aliphatic carbocycles. The molecule has 31 heavy (non-hydrogen) atoms. The lowest BCUT2D eigenvalue weighted by atomic mass is 10.0. The number of nitrogens with one attached hydrogen (secondary N) is 3. The molecule has 8 nitrogen and oxygen atoms in total. The van der Waals surface area contributed by atoms with Gasteiger partial charge in [0.2, 0.25) is 0 Å². The summed E-state index contributed by atoms with van der Waals surface area (Å²) in [6.45, 7) is 2.68. The third kappa shape index (κ3) is 4.48. The topological polar surface area (TPSA) is 105 Å². The number of hydrogen-bond acceptors (Lipinski definition) is 4. The van der Waals surface area contributed by atoms with Gasteiger partial charge in [0.05, 0.1) is 6.20 Å². The van der Waals surface area contributed by atoms with Gasteiger partial charge in [-0.15, -0.1) is 0 Å². The van der Waals surface area contributed by atoms with E-state index in [2.05, 4.69) is 32.6 Å². The van der Waals surface area contributed by atoms with E-state index in [1.54, 1.807) is 47.5 Å². The van der Waals surface area contributed by atoms with Gasteiger partial charge >= 0.3 is 6.03 Å². The van der Waals surface area contributed by atoms with E-state index < -0.39 is 0 Å². The van der Waals surface area contributed by atoms with E-state index in [1.807, 2.05) is 19.3 Å². The number of amides is 2. The first-order valence-electron chi connectivity index (χ1n) is 10.2. The largest absolute Gasteiger partial charge is 0.345 e. The van der Waals surface area contributed by atoms with Gasteiger partial charge < -0.3 is 15.6 Å². The molecule has 158 valence electrons. The molecule has 8 heteroatoms. The van der Waals surface area contributed by atoms with Crippen LogP contribution in [0.4, 0.5) is 10.5 Å². The van der Waals surface area contributed by atoms with E-state index in [0.717, 1.165) is 29.4 Å². The van der Waals surface area contributed by atoms with Crippen LogP contribution >= 0.6 is 0 Å².